The largest absolute Gasteiger partial charge is 0.497 e. The Balaban J connectivity index is 2.36. The molecule has 0 heterocycles. The highest BCUT2D eigenvalue weighted by atomic mass is 35.5. The molecule has 0 aliphatic rings. The molecule has 1 N–H and O–H groups in total. The average molecular weight is 366 g/mol. The zero-order chi connectivity index (χ0) is 17.5. The molecular weight excluding hydrogens is 349 g/mol. The monoisotopic (exact) mass is 365 g/mol. The van der Waals surface area contributed by atoms with Crippen LogP contribution >= 0.6 is 23.2 Å². The third-order valence-electron chi connectivity index (χ3n) is 3.12. The fourth-order valence-electron chi connectivity index (χ4n) is 2.05. The van der Waals surface area contributed by atoms with Gasteiger partial charge in [0.05, 0.1) is 19.3 Å². The van der Waals surface area contributed by atoms with Crippen LogP contribution in [0.5, 0.6) is 5.75 Å². The number of methoxy groups -OCH3 is 1. The number of benzene rings is 2. The second-order valence-electron chi connectivity index (χ2n) is 4.81. The molecule has 0 saturated carbocycles. The van der Waals surface area contributed by atoms with Crippen molar-refractivity contribution < 1.29 is 14.3 Å². The molecule has 0 aliphatic heterocycles. The molecular formula is C18H17Cl2NO3. The molecule has 126 valence electrons. The summed E-state index contributed by atoms with van der Waals surface area (Å²) in [6, 6.07) is 12.2. The highest BCUT2D eigenvalue weighted by Gasteiger charge is 2.14. The first kappa shape index (κ1) is 18.2. The summed E-state index contributed by atoms with van der Waals surface area (Å²) < 4.78 is 10.3. The maximum atomic E-state index is 12.3. The molecule has 0 spiro atoms. The van der Waals surface area contributed by atoms with Gasteiger partial charge in [-0.25, -0.2) is 4.79 Å². The molecule has 2 rings (SSSR count). The molecule has 0 aromatic heterocycles. The smallest absolute Gasteiger partial charge is 0.340 e. The van der Waals surface area contributed by atoms with Gasteiger partial charge in [0, 0.05) is 21.9 Å². The van der Waals surface area contributed by atoms with E-state index in [0.717, 1.165) is 0 Å². The van der Waals surface area contributed by atoms with Crippen molar-refractivity contribution in [2.24, 2.45) is 0 Å². The van der Waals surface area contributed by atoms with Crippen LogP contribution < -0.4 is 10.1 Å². The quantitative estimate of drug-likeness (QED) is 0.576. The zero-order valence-electron chi connectivity index (χ0n) is 13.3. The van der Waals surface area contributed by atoms with Crippen molar-refractivity contribution >= 4 is 40.4 Å². The first-order chi connectivity index (χ1) is 11.5. The molecule has 0 bridgehead atoms. The first-order valence-corrected chi connectivity index (χ1v) is 8.03. The van der Waals surface area contributed by atoms with Gasteiger partial charge in [-0.3, -0.25) is 0 Å². The summed E-state index contributed by atoms with van der Waals surface area (Å²) in [5, 5.41) is 4.02. The van der Waals surface area contributed by atoms with Crippen LogP contribution in [-0.4, -0.2) is 19.7 Å². The molecule has 0 saturated heterocycles. The Labute approximate surface area is 151 Å². The van der Waals surface area contributed by atoms with Crippen molar-refractivity contribution in [2.45, 2.75) is 6.92 Å². The van der Waals surface area contributed by atoms with E-state index in [0.29, 0.717) is 32.6 Å². The second-order valence-corrected chi connectivity index (χ2v) is 5.69. The van der Waals surface area contributed by atoms with E-state index in [2.05, 4.69) is 5.32 Å². The highest BCUT2D eigenvalue weighted by Crippen LogP contribution is 2.25. The predicted molar refractivity (Wildman–Crippen MR) is 97.7 cm³/mol. The molecule has 4 nitrogen and oxygen atoms in total. The number of anilines is 1. The van der Waals surface area contributed by atoms with E-state index in [1.165, 1.54) is 0 Å². The van der Waals surface area contributed by atoms with E-state index in [4.69, 9.17) is 32.7 Å². The van der Waals surface area contributed by atoms with Crippen LogP contribution in [0.25, 0.3) is 5.57 Å². The van der Waals surface area contributed by atoms with Crippen LogP contribution in [0.1, 0.15) is 12.5 Å². The van der Waals surface area contributed by atoms with Gasteiger partial charge in [0.25, 0.3) is 0 Å². The lowest BCUT2D eigenvalue weighted by molar-refractivity contribution is -0.136. The van der Waals surface area contributed by atoms with E-state index >= 15 is 0 Å². The molecule has 0 amide bonds. The predicted octanol–water partition coefficient (Wildman–Crippen LogP) is 5.02. The summed E-state index contributed by atoms with van der Waals surface area (Å²) in [6.07, 6.45) is 1.56. The van der Waals surface area contributed by atoms with Crippen LogP contribution in [-0.2, 0) is 9.53 Å². The van der Waals surface area contributed by atoms with Gasteiger partial charge in [0.2, 0.25) is 0 Å². The third kappa shape index (κ3) is 4.91. The molecule has 0 atom stereocenters. The Morgan fingerprint density at radius 1 is 1.17 bits per heavy atom. The van der Waals surface area contributed by atoms with Crippen LogP contribution in [0.4, 0.5) is 5.69 Å². The minimum Gasteiger partial charge on any atom is -0.497 e. The Morgan fingerprint density at radius 2 is 1.88 bits per heavy atom. The zero-order valence-corrected chi connectivity index (χ0v) is 14.8. The first-order valence-electron chi connectivity index (χ1n) is 7.28. The topological polar surface area (TPSA) is 47.6 Å². The fraction of sp³-hybridized carbons (Fsp3) is 0.167. The van der Waals surface area contributed by atoms with E-state index < -0.39 is 5.97 Å². The van der Waals surface area contributed by atoms with Gasteiger partial charge in [-0.2, -0.15) is 0 Å². The van der Waals surface area contributed by atoms with E-state index in [9.17, 15) is 4.79 Å². The maximum Gasteiger partial charge on any atom is 0.340 e. The van der Waals surface area contributed by atoms with E-state index in [1.807, 2.05) is 0 Å². The van der Waals surface area contributed by atoms with E-state index in [1.54, 1.807) is 62.7 Å². The lowest BCUT2D eigenvalue weighted by atomic mass is 10.1. The maximum absolute atomic E-state index is 12.3. The molecule has 0 radical (unpaired) electrons. The molecule has 0 aliphatic carbocycles. The Morgan fingerprint density at radius 3 is 2.50 bits per heavy atom. The van der Waals surface area contributed by atoms with Crippen LogP contribution in [0.2, 0.25) is 10.0 Å². The summed E-state index contributed by atoms with van der Waals surface area (Å²) in [5.74, 6) is 0.208. The van der Waals surface area contributed by atoms with Gasteiger partial charge < -0.3 is 14.8 Å². The van der Waals surface area contributed by atoms with Gasteiger partial charge in [-0.05, 0) is 42.8 Å². The molecule has 6 heteroatoms. The number of hydrogen-bond donors (Lipinski definition) is 1. The molecule has 0 fully saturated rings. The van der Waals surface area contributed by atoms with Gasteiger partial charge in [0.1, 0.15) is 5.75 Å². The SMILES string of the molecule is CCOC(=O)/C(=C/Nc1cc(Cl)cc(Cl)c1)c1cccc(OC)c1. The van der Waals surface area contributed by atoms with Crippen molar-refractivity contribution in [1.82, 2.24) is 0 Å². The van der Waals surface area contributed by atoms with Crippen LogP contribution in [0, 0.1) is 0 Å². The molecule has 24 heavy (non-hydrogen) atoms. The number of carbonyl (C=O) groups is 1. The normalized spacial score (nSPS) is 11.1. The standard InChI is InChI=1S/C18H17Cl2NO3/c1-3-24-18(22)17(12-5-4-6-16(7-12)23-2)11-21-15-9-13(19)8-14(20)10-15/h4-11,21H,3H2,1-2H3/b17-11+. The van der Waals surface area contributed by atoms with Crippen molar-refractivity contribution in [3.63, 3.8) is 0 Å². The summed E-state index contributed by atoms with van der Waals surface area (Å²) in [5.41, 5.74) is 1.71. The van der Waals surface area contributed by atoms with Crippen molar-refractivity contribution in [1.29, 1.82) is 0 Å². The van der Waals surface area contributed by atoms with Gasteiger partial charge in [0.15, 0.2) is 0 Å². The summed E-state index contributed by atoms with van der Waals surface area (Å²) in [4.78, 5) is 12.3. The number of rotatable bonds is 6. The lowest BCUT2D eigenvalue weighted by Crippen LogP contribution is -2.08. The summed E-state index contributed by atoms with van der Waals surface area (Å²) >= 11 is 12.0. The minimum atomic E-state index is -0.439. The molecule has 2 aromatic carbocycles. The average Bonchev–Trinajstić information content (AvgIpc) is 2.54. The van der Waals surface area contributed by atoms with Gasteiger partial charge in [-0.15, -0.1) is 0 Å². The Hall–Kier alpha value is -2.17. The number of ether oxygens (including phenoxy) is 2. The number of nitrogens with one attached hydrogen (secondary N) is 1. The fourth-order valence-corrected chi connectivity index (χ4v) is 2.58. The number of esters is 1. The van der Waals surface area contributed by atoms with Crippen molar-refractivity contribution in [2.75, 3.05) is 19.0 Å². The lowest BCUT2D eigenvalue weighted by Gasteiger charge is -2.10. The molecule has 2 aromatic rings. The number of hydrogen-bond acceptors (Lipinski definition) is 4. The minimum absolute atomic E-state index is 0.281. The molecule has 0 unspecified atom stereocenters. The summed E-state index contributed by atoms with van der Waals surface area (Å²) in [7, 11) is 1.57. The number of halogens is 2. The van der Waals surface area contributed by atoms with E-state index in [-0.39, 0.29) is 6.61 Å². The second kappa shape index (κ2) is 8.62. The summed E-state index contributed by atoms with van der Waals surface area (Å²) in [6.45, 7) is 2.04. The highest BCUT2D eigenvalue weighted by molar-refractivity contribution is 6.35. The van der Waals surface area contributed by atoms with Crippen molar-refractivity contribution in [3.05, 3.63) is 64.3 Å². The van der Waals surface area contributed by atoms with Crippen LogP contribution in [0.3, 0.4) is 0 Å². The Bertz CT molecular complexity index is 739. The number of carbonyl (C=O) groups excluding carboxylic acids is 1. The van der Waals surface area contributed by atoms with Crippen molar-refractivity contribution in [3.8, 4) is 5.75 Å². The van der Waals surface area contributed by atoms with Crippen LogP contribution in [0.15, 0.2) is 48.7 Å². The van der Waals surface area contributed by atoms with Gasteiger partial charge in [-0.1, -0.05) is 35.3 Å². The van der Waals surface area contributed by atoms with Gasteiger partial charge >= 0.3 is 5.97 Å². The Kier molecular flexibility index (Phi) is 6.53. The third-order valence-corrected chi connectivity index (χ3v) is 3.56.